The van der Waals surface area contributed by atoms with Gasteiger partial charge in [-0.1, -0.05) is 110 Å². The molecule has 0 saturated carbocycles. The second-order valence-electron chi connectivity index (χ2n) is 10.4. The van der Waals surface area contributed by atoms with E-state index in [0.29, 0.717) is 11.5 Å². The lowest BCUT2D eigenvalue weighted by atomic mass is 9.74. The van der Waals surface area contributed by atoms with Gasteiger partial charge in [0.05, 0.1) is 0 Å². The van der Waals surface area contributed by atoms with E-state index in [1.165, 1.54) is 16.7 Å². The van der Waals surface area contributed by atoms with Crippen molar-refractivity contribution in [3.05, 3.63) is 140 Å². The van der Waals surface area contributed by atoms with Crippen LogP contribution in [0.4, 0.5) is 0 Å². The Labute approximate surface area is 244 Å². The van der Waals surface area contributed by atoms with Crippen LogP contribution < -0.4 is 4.74 Å². The molecule has 1 aliphatic heterocycles. The standard InChI is InChI=1S/C35H24Br2O2/c1-20-15-21(2)17-25(16-20)22-3-9-26(10-4-22)35(38)33-29-18-27(36)11-5-23(29)7-13-31(33)39-32-14-8-24-6-12-28(37)19-30(24)34(32)35/h3-19,38H,1-2H3. The van der Waals surface area contributed by atoms with Crippen molar-refractivity contribution in [2.45, 2.75) is 19.4 Å². The Bertz CT molecular complexity index is 1830. The van der Waals surface area contributed by atoms with Gasteiger partial charge < -0.3 is 9.84 Å². The minimum absolute atomic E-state index is 0.656. The number of benzene rings is 6. The highest BCUT2D eigenvalue weighted by Crippen LogP contribution is 2.55. The minimum Gasteiger partial charge on any atom is -0.456 e. The van der Waals surface area contributed by atoms with Crippen LogP contribution in [0.25, 0.3) is 32.7 Å². The predicted octanol–water partition coefficient (Wildman–Crippen LogP) is 10.2. The first-order valence-corrected chi connectivity index (χ1v) is 14.4. The normalized spacial score (nSPS) is 13.7. The summed E-state index contributed by atoms with van der Waals surface area (Å²) in [7, 11) is 0. The molecule has 0 fully saturated rings. The molecule has 0 unspecified atom stereocenters. The molecule has 2 nitrogen and oxygen atoms in total. The van der Waals surface area contributed by atoms with E-state index in [1.54, 1.807) is 0 Å². The maximum atomic E-state index is 13.2. The first-order valence-electron chi connectivity index (χ1n) is 12.9. The minimum atomic E-state index is -1.45. The summed E-state index contributed by atoms with van der Waals surface area (Å²) in [6.45, 7) is 4.24. The second kappa shape index (κ2) is 9.06. The van der Waals surface area contributed by atoms with Gasteiger partial charge in [-0.3, -0.25) is 0 Å². The fourth-order valence-corrected chi connectivity index (χ4v) is 6.76. The third-order valence-corrected chi connectivity index (χ3v) is 8.68. The molecule has 1 aliphatic rings. The Morgan fingerprint density at radius 1 is 0.564 bits per heavy atom. The van der Waals surface area contributed by atoms with E-state index in [9.17, 15) is 5.11 Å². The summed E-state index contributed by atoms with van der Waals surface area (Å²) >= 11 is 7.31. The summed E-state index contributed by atoms with van der Waals surface area (Å²) in [5, 5.41) is 17.1. The highest BCUT2D eigenvalue weighted by Gasteiger charge is 2.44. The summed E-state index contributed by atoms with van der Waals surface area (Å²) in [4.78, 5) is 0. The van der Waals surface area contributed by atoms with Gasteiger partial charge in [-0.25, -0.2) is 0 Å². The van der Waals surface area contributed by atoms with E-state index in [1.807, 2.05) is 36.4 Å². The number of ether oxygens (including phenoxy) is 1. The van der Waals surface area contributed by atoms with Gasteiger partial charge in [-0.15, -0.1) is 0 Å². The number of rotatable bonds is 2. The third kappa shape index (κ3) is 3.93. The molecule has 0 saturated heterocycles. The van der Waals surface area contributed by atoms with Crippen molar-refractivity contribution in [2.75, 3.05) is 0 Å². The molecule has 190 valence electrons. The molecule has 0 bridgehead atoms. The Kier molecular flexibility index (Phi) is 5.71. The molecule has 0 radical (unpaired) electrons. The Hall–Kier alpha value is -3.44. The van der Waals surface area contributed by atoms with Crippen LogP contribution in [0.3, 0.4) is 0 Å². The number of hydrogen-bond donors (Lipinski definition) is 1. The largest absolute Gasteiger partial charge is 0.456 e. The molecule has 4 heteroatoms. The van der Waals surface area contributed by atoms with Gasteiger partial charge in [0, 0.05) is 20.1 Å². The van der Waals surface area contributed by atoms with Gasteiger partial charge in [0.15, 0.2) is 0 Å². The maximum Gasteiger partial charge on any atom is 0.148 e. The van der Waals surface area contributed by atoms with Gasteiger partial charge in [-0.05, 0) is 88.5 Å². The third-order valence-electron chi connectivity index (χ3n) is 7.69. The lowest BCUT2D eigenvalue weighted by Gasteiger charge is -2.38. The van der Waals surface area contributed by atoms with Crippen molar-refractivity contribution in [3.8, 4) is 22.6 Å². The Morgan fingerprint density at radius 2 is 1.05 bits per heavy atom. The molecule has 7 rings (SSSR count). The average molecular weight is 636 g/mol. The number of hydrogen-bond acceptors (Lipinski definition) is 2. The summed E-state index contributed by atoms with van der Waals surface area (Å²) in [6, 6.07) is 35.3. The van der Waals surface area contributed by atoms with Crippen LogP contribution in [0.15, 0.2) is 112 Å². The van der Waals surface area contributed by atoms with Crippen LogP contribution in [0.1, 0.15) is 27.8 Å². The molecule has 39 heavy (non-hydrogen) atoms. The fraction of sp³-hybridized carbons (Fsp3) is 0.0857. The van der Waals surface area contributed by atoms with E-state index in [-0.39, 0.29) is 0 Å². The molecular formula is C35H24Br2O2. The van der Waals surface area contributed by atoms with Gasteiger partial charge in [-0.2, -0.15) is 0 Å². The van der Waals surface area contributed by atoms with Crippen LogP contribution in [0, 0.1) is 13.8 Å². The summed E-state index contributed by atoms with van der Waals surface area (Å²) in [6.07, 6.45) is 0. The molecule has 6 aromatic carbocycles. The SMILES string of the molecule is Cc1cc(C)cc(-c2ccc(C3(O)c4c(ccc5ccc(Br)cc45)Oc4ccc5ccc(Br)cc5c43)cc2)c1. The van der Waals surface area contributed by atoms with Gasteiger partial charge >= 0.3 is 0 Å². The molecule has 6 aromatic rings. The van der Waals surface area contributed by atoms with E-state index in [2.05, 4.69) is 112 Å². The van der Waals surface area contributed by atoms with Crippen molar-refractivity contribution < 1.29 is 9.84 Å². The topological polar surface area (TPSA) is 29.5 Å². The molecule has 0 aliphatic carbocycles. The van der Waals surface area contributed by atoms with Crippen LogP contribution in [-0.2, 0) is 5.60 Å². The van der Waals surface area contributed by atoms with Crippen LogP contribution >= 0.6 is 31.9 Å². The smallest absolute Gasteiger partial charge is 0.148 e. The average Bonchev–Trinajstić information content (AvgIpc) is 2.92. The van der Waals surface area contributed by atoms with Crippen LogP contribution in [-0.4, -0.2) is 5.11 Å². The second-order valence-corrected chi connectivity index (χ2v) is 12.2. The number of halogens is 2. The zero-order valence-electron chi connectivity index (χ0n) is 21.4. The molecule has 1 heterocycles. The number of aliphatic hydroxyl groups is 1. The van der Waals surface area contributed by atoms with Crippen LogP contribution in [0.2, 0.25) is 0 Å². The van der Waals surface area contributed by atoms with Gasteiger partial charge in [0.25, 0.3) is 0 Å². The summed E-state index contributed by atoms with van der Waals surface area (Å²) in [5.74, 6) is 1.31. The quantitative estimate of drug-likeness (QED) is 0.205. The molecule has 1 N–H and O–H groups in total. The zero-order valence-corrected chi connectivity index (χ0v) is 24.6. The van der Waals surface area contributed by atoms with E-state index < -0.39 is 5.60 Å². The zero-order chi connectivity index (χ0) is 26.9. The van der Waals surface area contributed by atoms with Crippen molar-refractivity contribution in [1.29, 1.82) is 0 Å². The Morgan fingerprint density at radius 3 is 1.56 bits per heavy atom. The van der Waals surface area contributed by atoms with Crippen molar-refractivity contribution in [3.63, 3.8) is 0 Å². The van der Waals surface area contributed by atoms with Gasteiger partial charge in [0.1, 0.15) is 17.1 Å². The van der Waals surface area contributed by atoms with E-state index in [0.717, 1.165) is 52.7 Å². The predicted molar refractivity (Wildman–Crippen MR) is 167 cm³/mol. The molecule has 0 spiro atoms. The molecule has 0 aromatic heterocycles. The monoisotopic (exact) mass is 634 g/mol. The van der Waals surface area contributed by atoms with Crippen molar-refractivity contribution in [2.24, 2.45) is 0 Å². The lowest BCUT2D eigenvalue weighted by molar-refractivity contribution is 0.116. The molecule has 0 atom stereocenters. The van der Waals surface area contributed by atoms with E-state index >= 15 is 0 Å². The highest BCUT2D eigenvalue weighted by atomic mass is 79.9. The first-order chi connectivity index (χ1) is 18.8. The van der Waals surface area contributed by atoms with E-state index in [4.69, 9.17) is 4.74 Å². The fourth-order valence-electron chi connectivity index (χ4n) is 6.04. The Balaban J connectivity index is 1.55. The summed E-state index contributed by atoms with van der Waals surface area (Å²) in [5.41, 5.74) is 5.58. The molecular weight excluding hydrogens is 612 g/mol. The maximum absolute atomic E-state index is 13.2. The number of aryl methyl sites for hydroxylation is 2. The lowest BCUT2D eigenvalue weighted by Crippen LogP contribution is -2.33. The first kappa shape index (κ1) is 24.6. The van der Waals surface area contributed by atoms with Gasteiger partial charge in [0.2, 0.25) is 0 Å². The van der Waals surface area contributed by atoms with Crippen molar-refractivity contribution in [1.82, 2.24) is 0 Å². The summed E-state index contributed by atoms with van der Waals surface area (Å²) < 4.78 is 8.41. The highest BCUT2D eigenvalue weighted by molar-refractivity contribution is 9.10. The number of fused-ring (bicyclic) bond motifs is 6. The molecule has 0 amide bonds. The van der Waals surface area contributed by atoms with Crippen molar-refractivity contribution >= 4 is 53.4 Å². The van der Waals surface area contributed by atoms with Crippen LogP contribution in [0.5, 0.6) is 11.5 Å².